The second kappa shape index (κ2) is 26.2. The SMILES string of the molecule is C=C(C)C(=O)OC(=O)C(=C)C.C=Cc1c(F)c(F)c(OCCO)c(F)c1F.C=Cc1c(F)c(F)c(OCCOC(=O)C(=C)C)c(F)c1F.[CH3-].[U].[V]. The molecule has 0 aromatic heterocycles. The number of aliphatic hydroxyl groups excluding tert-OH is 1. The first kappa shape index (κ1) is 54.2. The van der Waals surface area contributed by atoms with E-state index in [1.165, 1.54) is 20.8 Å². The normalized spacial score (nSPS) is 9.25. The van der Waals surface area contributed by atoms with Crippen molar-refractivity contribution in [1.82, 2.24) is 0 Å². The summed E-state index contributed by atoms with van der Waals surface area (Å²) in [4.78, 5) is 32.4. The van der Waals surface area contributed by atoms with E-state index in [1.807, 2.05) is 0 Å². The molecule has 1 radical (unpaired) electrons. The number of hydrogen-bond acceptors (Lipinski definition) is 8. The van der Waals surface area contributed by atoms with E-state index < -0.39 is 107 Å². The van der Waals surface area contributed by atoms with Crippen molar-refractivity contribution in [3.63, 3.8) is 0 Å². The van der Waals surface area contributed by atoms with Crippen molar-refractivity contribution >= 4 is 30.1 Å². The van der Waals surface area contributed by atoms with Crippen LogP contribution in [0.4, 0.5) is 35.1 Å². The van der Waals surface area contributed by atoms with Crippen molar-refractivity contribution in [2.24, 2.45) is 0 Å². The maximum atomic E-state index is 13.5. The van der Waals surface area contributed by atoms with E-state index in [4.69, 9.17) is 5.11 Å². The van der Waals surface area contributed by atoms with Crippen LogP contribution in [0.15, 0.2) is 49.6 Å². The zero-order valence-corrected chi connectivity index (χ0v) is 33.4. The molecule has 51 heavy (non-hydrogen) atoms. The van der Waals surface area contributed by atoms with Gasteiger partial charge in [-0.2, -0.15) is 17.6 Å². The zero-order valence-electron chi connectivity index (χ0n) is 27.8. The maximum absolute atomic E-state index is 13.5. The van der Waals surface area contributed by atoms with Crippen LogP contribution in [-0.4, -0.2) is 49.4 Å². The van der Waals surface area contributed by atoms with Crippen LogP contribution < -0.4 is 9.47 Å². The van der Waals surface area contributed by atoms with E-state index >= 15 is 0 Å². The zero-order chi connectivity index (χ0) is 37.5. The van der Waals surface area contributed by atoms with Gasteiger partial charge >= 0.3 is 17.9 Å². The molecule has 0 unspecified atom stereocenters. The van der Waals surface area contributed by atoms with Crippen LogP contribution in [0.25, 0.3) is 12.2 Å². The number of aliphatic hydroxyl groups is 1. The third-order valence-electron chi connectivity index (χ3n) is 5.05. The Labute approximate surface area is 325 Å². The molecule has 0 aliphatic heterocycles. The second-order valence-electron chi connectivity index (χ2n) is 8.98. The van der Waals surface area contributed by atoms with Gasteiger partial charge in [0.1, 0.15) is 19.8 Å². The summed E-state index contributed by atoms with van der Waals surface area (Å²) in [5, 5.41) is 8.38. The molecule has 0 saturated heterocycles. The molecule has 0 fully saturated rings. The largest absolute Gasteiger partial charge is 0.485 e. The first-order valence-corrected chi connectivity index (χ1v) is 13.0. The molecule has 0 aliphatic rings. The molecule has 2 rings (SSSR count). The van der Waals surface area contributed by atoms with Crippen molar-refractivity contribution in [3.8, 4) is 11.5 Å². The van der Waals surface area contributed by atoms with Crippen molar-refractivity contribution in [3.05, 3.63) is 115 Å². The van der Waals surface area contributed by atoms with Gasteiger partial charge in [-0.15, -0.1) is 0 Å². The summed E-state index contributed by atoms with van der Waals surface area (Å²) in [6, 6.07) is 0. The molecular formula is C33H33F8O8UV-. The van der Waals surface area contributed by atoms with Crippen LogP contribution >= 0.6 is 0 Å². The van der Waals surface area contributed by atoms with E-state index in [2.05, 4.69) is 51.8 Å². The van der Waals surface area contributed by atoms with Crippen LogP contribution in [0.5, 0.6) is 11.5 Å². The van der Waals surface area contributed by atoms with Crippen molar-refractivity contribution in [2.75, 3.05) is 26.4 Å². The summed E-state index contributed by atoms with van der Waals surface area (Å²) in [5.74, 6) is -17.6. The Balaban J connectivity index is -0.000000331. The van der Waals surface area contributed by atoms with Gasteiger partial charge in [-0.25, -0.2) is 31.9 Å². The Morgan fingerprint density at radius 3 is 1.14 bits per heavy atom. The predicted molar refractivity (Wildman–Crippen MR) is 164 cm³/mol. The van der Waals surface area contributed by atoms with Gasteiger partial charge in [0, 0.05) is 66.4 Å². The molecule has 0 aliphatic carbocycles. The van der Waals surface area contributed by atoms with Crippen LogP contribution in [0, 0.1) is 85.1 Å². The fraction of sp³-hybridized carbons (Fsp3) is 0.212. The van der Waals surface area contributed by atoms with Gasteiger partial charge in [-0.3, -0.25) is 0 Å². The second-order valence-corrected chi connectivity index (χ2v) is 8.98. The molecule has 0 amide bonds. The molecule has 2 aromatic carbocycles. The number of hydrogen-bond donors (Lipinski definition) is 1. The third-order valence-corrected chi connectivity index (χ3v) is 5.05. The Bertz CT molecular complexity index is 1530. The summed E-state index contributed by atoms with van der Waals surface area (Å²) in [5.41, 5.74) is -1.31. The van der Waals surface area contributed by atoms with Crippen LogP contribution in [0.3, 0.4) is 0 Å². The summed E-state index contributed by atoms with van der Waals surface area (Å²) < 4.78 is 124. The molecule has 8 nitrogen and oxygen atoms in total. The van der Waals surface area contributed by atoms with Crippen LogP contribution in [-0.2, 0) is 42.4 Å². The Morgan fingerprint density at radius 2 is 0.882 bits per heavy atom. The number of ether oxygens (including phenoxy) is 4. The average Bonchev–Trinajstić information content (AvgIpc) is 3.03. The van der Waals surface area contributed by atoms with E-state index in [0.29, 0.717) is 12.2 Å². The quantitative estimate of drug-likeness (QED) is 0.0450. The predicted octanol–water partition coefficient (Wildman–Crippen LogP) is 7.30. The molecular weight excluding hydrogens is 965 g/mol. The standard InChI is InChI=1S/C14H12F4O3.C10H8F4O2.C8H10O3.CH3.U.V/c1-4-8-9(15)11(17)13(12(18)10(8)16)20-5-6-21-14(19)7(2)3;1-2-5-6(11)8(13)10(16-4-3-15)9(14)7(5)12;1-5(2)7(9)11-8(10)6(3)4;;;/h4H,1-2,5-6H2,3H3;2,15H,1,3-4H2;1,3H2,2,4H3;1H3;;/q;;;-1;;. The third kappa shape index (κ3) is 16.1. The molecule has 2 aromatic rings. The average molecular weight is 999 g/mol. The minimum Gasteiger partial charge on any atom is -0.485 e. The van der Waals surface area contributed by atoms with Crippen molar-refractivity contribution < 1.29 is 123 Å². The Hall–Kier alpha value is -3.61. The summed E-state index contributed by atoms with van der Waals surface area (Å²) in [7, 11) is 0. The first-order chi connectivity index (χ1) is 22.3. The van der Waals surface area contributed by atoms with Gasteiger partial charge in [0.05, 0.1) is 17.7 Å². The van der Waals surface area contributed by atoms with Crippen LogP contribution in [0.2, 0.25) is 0 Å². The molecule has 0 atom stereocenters. The number of carbonyl (C=O) groups is 3. The smallest absolute Gasteiger partial charge is 0.340 e. The van der Waals surface area contributed by atoms with Crippen molar-refractivity contribution in [1.29, 1.82) is 0 Å². The topological polar surface area (TPSA) is 108 Å². The van der Waals surface area contributed by atoms with E-state index in [9.17, 15) is 49.5 Å². The van der Waals surface area contributed by atoms with Crippen molar-refractivity contribution in [2.45, 2.75) is 20.8 Å². The van der Waals surface area contributed by atoms with Gasteiger partial charge in [-0.1, -0.05) is 45.0 Å². The molecule has 0 heterocycles. The molecule has 0 bridgehead atoms. The van der Waals surface area contributed by atoms with Gasteiger partial charge < -0.3 is 31.5 Å². The minimum absolute atomic E-state index is 0. The summed E-state index contributed by atoms with van der Waals surface area (Å²) >= 11 is 0. The monoisotopic (exact) mass is 998 g/mol. The van der Waals surface area contributed by atoms with Gasteiger partial charge in [0.15, 0.2) is 34.8 Å². The summed E-state index contributed by atoms with van der Waals surface area (Å²) in [6.07, 6.45) is 1.31. The number of carbonyl (C=O) groups excluding carboxylic acids is 3. The van der Waals surface area contributed by atoms with Gasteiger partial charge in [-0.05, 0) is 20.8 Å². The Kier molecular flexibility index (Phi) is 27.8. The number of benzene rings is 2. The molecule has 0 saturated carbocycles. The van der Waals surface area contributed by atoms with E-state index in [1.54, 1.807) is 0 Å². The fourth-order valence-corrected chi connectivity index (χ4v) is 2.68. The first-order valence-electron chi connectivity index (χ1n) is 13.0. The molecule has 1 N–H and O–H groups in total. The van der Waals surface area contributed by atoms with Gasteiger partial charge in [0.25, 0.3) is 0 Å². The number of esters is 3. The summed E-state index contributed by atoms with van der Waals surface area (Å²) in [6.45, 7) is 18.5. The fourth-order valence-electron chi connectivity index (χ4n) is 2.68. The van der Waals surface area contributed by atoms with E-state index in [0.717, 1.165) is 0 Å². The molecule has 0 spiro atoms. The minimum atomic E-state index is -1.69. The molecule has 279 valence electrons. The maximum Gasteiger partial charge on any atom is 0.340 e. The Morgan fingerprint density at radius 1 is 0.588 bits per heavy atom. The number of halogens is 8. The van der Waals surface area contributed by atoms with E-state index in [-0.39, 0.29) is 80.4 Å². The van der Waals surface area contributed by atoms with Gasteiger partial charge in [0.2, 0.25) is 23.3 Å². The molecule has 18 heteroatoms. The van der Waals surface area contributed by atoms with Crippen LogP contribution in [0.1, 0.15) is 31.9 Å². The number of rotatable bonds is 12.